The molecule has 2 bridgehead atoms. The van der Waals surface area contributed by atoms with Crippen molar-refractivity contribution in [1.82, 2.24) is 4.90 Å². The Labute approximate surface area is 175 Å². The first-order valence-corrected chi connectivity index (χ1v) is 10.3. The summed E-state index contributed by atoms with van der Waals surface area (Å²) < 4.78 is 5.41. The average molecular weight is 406 g/mol. The molecule has 2 aliphatic carbocycles. The molecule has 2 aromatic carbocycles. The molecule has 30 heavy (non-hydrogen) atoms. The lowest BCUT2D eigenvalue weighted by atomic mass is 9.52. The number of likely N-dealkylation sites (N-methyl/N-ethyl adjacent to an activating group) is 1. The fourth-order valence-corrected chi connectivity index (χ4v) is 5.85. The van der Waals surface area contributed by atoms with E-state index in [2.05, 4.69) is 17.3 Å². The van der Waals surface area contributed by atoms with E-state index in [1.165, 1.54) is 7.11 Å². The van der Waals surface area contributed by atoms with Gasteiger partial charge in [-0.2, -0.15) is 0 Å². The van der Waals surface area contributed by atoms with Gasteiger partial charge in [-0.3, -0.25) is 4.79 Å². The number of likely N-dealkylation sites (tertiary alicyclic amines) is 1. The number of methoxy groups -OCH3 is 1. The van der Waals surface area contributed by atoms with Crippen LogP contribution in [-0.4, -0.2) is 47.6 Å². The van der Waals surface area contributed by atoms with Gasteiger partial charge in [-0.25, -0.2) is 0 Å². The maximum atomic E-state index is 12.9. The number of anilines is 1. The lowest BCUT2D eigenvalue weighted by Crippen LogP contribution is -2.62. The van der Waals surface area contributed by atoms with Crippen LogP contribution in [0.25, 0.3) is 0 Å². The number of aromatic hydroxyl groups is 2. The maximum absolute atomic E-state index is 12.9. The number of piperidine rings is 1. The largest absolute Gasteiger partial charge is 0.504 e. The number of carbonyl (C=O) groups is 1. The molecule has 6 nitrogen and oxygen atoms in total. The highest BCUT2D eigenvalue weighted by Gasteiger charge is 2.59. The second-order valence-electron chi connectivity index (χ2n) is 8.62. The molecule has 6 heteroatoms. The third kappa shape index (κ3) is 2.56. The standard InChI is InChI=1S/C24H26N2O4/c1-26-11-10-24-13-18(28)19(30-2)12-16(24)22(26)21(25-14-6-4-3-5-7-14)15-8-9-17(27)23(29)20(15)24/h3-9,12,16,21-22,25,27,29H,10-11,13H2,1-2H3. The summed E-state index contributed by atoms with van der Waals surface area (Å²) in [7, 11) is 3.64. The van der Waals surface area contributed by atoms with E-state index in [0.29, 0.717) is 11.3 Å². The van der Waals surface area contributed by atoms with Gasteiger partial charge in [0.2, 0.25) is 0 Å². The fourth-order valence-electron chi connectivity index (χ4n) is 5.85. The van der Waals surface area contributed by atoms with Crippen molar-refractivity contribution < 1.29 is 19.7 Å². The zero-order chi connectivity index (χ0) is 21.0. The number of allylic oxidation sites excluding steroid dienone is 1. The molecule has 1 aliphatic heterocycles. The number of phenols is 2. The Morgan fingerprint density at radius 1 is 1.17 bits per heavy atom. The van der Waals surface area contributed by atoms with Crippen LogP contribution < -0.4 is 5.32 Å². The van der Waals surface area contributed by atoms with Gasteiger partial charge in [0.05, 0.1) is 13.2 Å². The molecule has 1 saturated heterocycles. The van der Waals surface area contributed by atoms with Crippen LogP contribution >= 0.6 is 0 Å². The zero-order valence-corrected chi connectivity index (χ0v) is 17.1. The minimum atomic E-state index is -0.552. The van der Waals surface area contributed by atoms with E-state index >= 15 is 0 Å². The Balaban J connectivity index is 1.76. The number of nitrogens with zero attached hydrogens (tertiary/aromatic N) is 1. The number of phenolic OH excluding ortho intramolecular Hbond substituents is 2. The summed E-state index contributed by atoms with van der Waals surface area (Å²) in [6, 6.07) is 13.3. The summed E-state index contributed by atoms with van der Waals surface area (Å²) in [5.74, 6) is 0.0390. The van der Waals surface area contributed by atoms with Crippen molar-refractivity contribution in [3.63, 3.8) is 0 Å². The molecule has 4 unspecified atom stereocenters. The monoisotopic (exact) mass is 406 g/mol. The van der Waals surface area contributed by atoms with Gasteiger partial charge >= 0.3 is 0 Å². The Bertz CT molecular complexity index is 1040. The number of para-hydroxylation sites is 1. The van der Waals surface area contributed by atoms with Crippen molar-refractivity contribution in [3.05, 3.63) is 65.4 Å². The number of benzene rings is 2. The first kappa shape index (κ1) is 19.0. The second kappa shape index (κ2) is 6.77. The van der Waals surface area contributed by atoms with Gasteiger partial charge in [-0.05, 0) is 49.9 Å². The Morgan fingerprint density at radius 3 is 2.67 bits per heavy atom. The maximum Gasteiger partial charge on any atom is 0.197 e. The van der Waals surface area contributed by atoms with Crippen LogP contribution in [0.15, 0.2) is 54.3 Å². The van der Waals surface area contributed by atoms with E-state index < -0.39 is 5.41 Å². The van der Waals surface area contributed by atoms with Crippen LogP contribution in [0.4, 0.5) is 5.69 Å². The summed E-state index contributed by atoms with van der Waals surface area (Å²) in [4.78, 5) is 15.2. The predicted octanol–water partition coefficient (Wildman–Crippen LogP) is 3.33. The van der Waals surface area contributed by atoms with Crippen LogP contribution in [0, 0.1) is 5.92 Å². The number of nitrogens with one attached hydrogen (secondary N) is 1. The Morgan fingerprint density at radius 2 is 1.93 bits per heavy atom. The van der Waals surface area contributed by atoms with Gasteiger partial charge in [-0.1, -0.05) is 24.3 Å². The summed E-state index contributed by atoms with van der Waals surface area (Å²) >= 11 is 0. The third-order valence-electron chi connectivity index (χ3n) is 7.19. The molecule has 156 valence electrons. The van der Waals surface area contributed by atoms with Crippen molar-refractivity contribution in [1.29, 1.82) is 0 Å². The van der Waals surface area contributed by atoms with E-state index in [1.807, 2.05) is 42.5 Å². The minimum absolute atomic E-state index is 0.0367. The quantitative estimate of drug-likeness (QED) is 0.679. The van der Waals surface area contributed by atoms with Gasteiger partial charge < -0.3 is 25.2 Å². The lowest BCUT2D eigenvalue weighted by molar-refractivity contribution is -0.123. The minimum Gasteiger partial charge on any atom is -0.504 e. The molecule has 0 saturated carbocycles. The highest BCUT2D eigenvalue weighted by molar-refractivity contribution is 5.96. The van der Waals surface area contributed by atoms with Gasteiger partial charge in [0.25, 0.3) is 0 Å². The molecule has 0 aromatic heterocycles. The molecular formula is C24H26N2O4. The lowest BCUT2D eigenvalue weighted by Gasteiger charge is -2.59. The van der Waals surface area contributed by atoms with E-state index in [9.17, 15) is 15.0 Å². The van der Waals surface area contributed by atoms with Crippen LogP contribution in [0.5, 0.6) is 11.5 Å². The first-order chi connectivity index (χ1) is 14.5. The van der Waals surface area contributed by atoms with E-state index in [0.717, 1.165) is 24.2 Å². The summed E-state index contributed by atoms with van der Waals surface area (Å²) in [5, 5.41) is 25.0. The molecule has 4 atom stereocenters. The third-order valence-corrected chi connectivity index (χ3v) is 7.19. The molecule has 0 radical (unpaired) electrons. The number of hydrogen-bond acceptors (Lipinski definition) is 6. The second-order valence-corrected chi connectivity index (χ2v) is 8.62. The number of ether oxygens (including phenoxy) is 1. The van der Waals surface area contributed by atoms with Crippen LogP contribution in [-0.2, 0) is 14.9 Å². The highest BCUT2D eigenvalue weighted by Crippen LogP contribution is 2.60. The normalized spacial score (nSPS) is 30.1. The van der Waals surface area contributed by atoms with Crippen molar-refractivity contribution in [2.75, 3.05) is 26.0 Å². The highest BCUT2D eigenvalue weighted by atomic mass is 16.5. The smallest absolute Gasteiger partial charge is 0.197 e. The van der Waals surface area contributed by atoms with E-state index in [1.54, 1.807) is 6.07 Å². The number of ketones is 1. The number of fused-ring (bicyclic) bond motifs is 1. The molecule has 1 heterocycles. The molecule has 1 fully saturated rings. The molecule has 0 amide bonds. The summed E-state index contributed by atoms with van der Waals surface area (Å²) in [6.07, 6.45) is 2.94. The van der Waals surface area contributed by atoms with Crippen molar-refractivity contribution in [3.8, 4) is 11.5 Å². The summed E-state index contributed by atoms with van der Waals surface area (Å²) in [6.45, 7) is 0.798. The van der Waals surface area contributed by atoms with Crippen molar-refractivity contribution in [2.24, 2.45) is 5.92 Å². The predicted molar refractivity (Wildman–Crippen MR) is 113 cm³/mol. The number of carbonyl (C=O) groups excluding carboxylic acids is 1. The number of hydrogen-bond donors (Lipinski definition) is 3. The van der Waals surface area contributed by atoms with E-state index in [4.69, 9.17) is 4.74 Å². The average Bonchev–Trinajstić information content (AvgIpc) is 2.74. The molecular weight excluding hydrogens is 380 g/mol. The van der Waals surface area contributed by atoms with Gasteiger partial charge in [0, 0.05) is 35.0 Å². The van der Waals surface area contributed by atoms with Gasteiger partial charge in [0.1, 0.15) is 0 Å². The Kier molecular flexibility index (Phi) is 4.29. The van der Waals surface area contributed by atoms with Crippen molar-refractivity contribution in [2.45, 2.75) is 30.3 Å². The summed E-state index contributed by atoms with van der Waals surface area (Å²) in [5.41, 5.74) is 2.06. The molecule has 5 rings (SSSR count). The fraction of sp³-hybridized carbons (Fsp3) is 0.375. The molecule has 3 aliphatic rings. The van der Waals surface area contributed by atoms with Crippen LogP contribution in [0.3, 0.4) is 0 Å². The molecule has 0 spiro atoms. The number of rotatable bonds is 3. The van der Waals surface area contributed by atoms with Gasteiger partial charge in [-0.15, -0.1) is 0 Å². The zero-order valence-electron chi connectivity index (χ0n) is 17.1. The van der Waals surface area contributed by atoms with Crippen molar-refractivity contribution >= 4 is 11.5 Å². The van der Waals surface area contributed by atoms with Crippen LogP contribution in [0.2, 0.25) is 0 Å². The first-order valence-electron chi connectivity index (χ1n) is 10.3. The molecule has 2 aromatic rings. The molecule has 3 N–H and O–H groups in total. The number of Topliss-reactive ketones (excluding diaryl/α,β-unsaturated/α-hetero) is 1. The Hall–Kier alpha value is -2.99. The van der Waals surface area contributed by atoms with Gasteiger partial charge in [0.15, 0.2) is 23.0 Å². The van der Waals surface area contributed by atoms with Crippen LogP contribution in [0.1, 0.15) is 30.0 Å². The van der Waals surface area contributed by atoms with E-state index in [-0.39, 0.29) is 41.7 Å². The topological polar surface area (TPSA) is 82.0 Å². The SMILES string of the molecule is COC1=CC2C3C(Nc4ccccc4)c4ccc(O)c(O)c4C2(CCN3C)CC1=O.